The fourth-order valence-electron chi connectivity index (χ4n) is 1.63. The third-order valence-corrected chi connectivity index (χ3v) is 5.68. The van der Waals surface area contributed by atoms with Gasteiger partial charge in [0.1, 0.15) is 5.97 Å². The average Bonchev–Trinajstić information content (AvgIpc) is 2.50. The average molecular weight is 450 g/mol. The molecule has 0 heterocycles. The molecule has 0 aromatic heterocycles. The molecule has 2 aromatic carbocycles. The predicted octanol–water partition coefficient (Wildman–Crippen LogP) is 0.545. The largest absolute Gasteiger partial charge is 0.542 e. The molecular weight excluding hydrogens is 432 g/mol. The van der Waals surface area contributed by atoms with E-state index in [0.29, 0.717) is 5.92 Å². The van der Waals surface area contributed by atoms with E-state index in [0.717, 1.165) is 0 Å². The lowest BCUT2D eigenvalue weighted by atomic mass is 10.0. The first-order valence-electron chi connectivity index (χ1n) is 7.19. The molecule has 0 amide bonds. The van der Waals surface area contributed by atoms with Gasteiger partial charge in [0.25, 0.3) is 0 Å². The van der Waals surface area contributed by atoms with Gasteiger partial charge in [-0.15, -0.1) is 0 Å². The molecule has 6 heteroatoms. The second-order valence-electron chi connectivity index (χ2n) is 5.38. The summed E-state index contributed by atoms with van der Waals surface area (Å²) >= 11 is -0.0167. The van der Waals surface area contributed by atoms with Gasteiger partial charge in [-0.05, 0) is 42.7 Å². The molecule has 0 aliphatic heterocycles. The van der Waals surface area contributed by atoms with E-state index in [-0.39, 0.29) is 21.2 Å². The third-order valence-electron chi connectivity index (χ3n) is 3.00. The molecule has 24 heavy (non-hydrogen) atoms. The lowest BCUT2D eigenvalue weighted by Gasteiger charge is -2.03. The number of hydrogen-bond acceptors (Lipinski definition) is 2. The highest BCUT2D eigenvalue weighted by Gasteiger charge is 2.28. The highest BCUT2D eigenvalue weighted by atomic mass is 127. The van der Waals surface area contributed by atoms with Crippen LogP contribution in [0.4, 0.5) is 13.2 Å². The van der Waals surface area contributed by atoms with Crippen LogP contribution in [0.2, 0.25) is 0 Å². The zero-order valence-corrected chi connectivity index (χ0v) is 15.7. The quantitative estimate of drug-likeness (QED) is 0.642. The molecule has 0 fully saturated rings. The lowest BCUT2D eigenvalue weighted by molar-refractivity contribution is -0.597. The Morgan fingerprint density at radius 1 is 0.958 bits per heavy atom. The molecule has 0 aliphatic rings. The molecule has 0 radical (unpaired) electrons. The fourth-order valence-corrected chi connectivity index (χ4v) is 3.79. The zero-order chi connectivity index (χ0) is 18.3. The summed E-state index contributed by atoms with van der Waals surface area (Å²) in [5.74, 6) is -2.38. The van der Waals surface area contributed by atoms with Crippen molar-refractivity contribution in [1.29, 1.82) is 0 Å². The Labute approximate surface area is 150 Å². The van der Waals surface area contributed by atoms with E-state index in [4.69, 9.17) is 9.90 Å². The SMILES string of the molecule is Cc1ccc([I+]c2ccc(C(C)C)cc2)cc1.O=C([O-])C(F)(F)F. The first kappa shape index (κ1) is 20.5. The van der Waals surface area contributed by atoms with Crippen LogP contribution in [0.25, 0.3) is 0 Å². The summed E-state index contributed by atoms with van der Waals surface area (Å²) in [5, 5.41) is 8.78. The van der Waals surface area contributed by atoms with Crippen LogP contribution in [0.15, 0.2) is 48.5 Å². The Bertz CT molecular complexity index is 647. The van der Waals surface area contributed by atoms with Gasteiger partial charge < -0.3 is 9.90 Å². The molecule has 2 aromatic rings. The van der Waals surface area contributed by atoms with Crippen LogP contribution in [-0.2, 0) is 4.79 Å². The lowest BCUT2D eigenvalue weighted by Crippen LogP contribution is -3.61. The molecule has 0 N–H and O–H groups in total. The van der Waals surface area contributed by atoms with Gasteiger partial charge in [0, 0.05) is 0 Å². The molecule has 0 aliphatic carbocycles. The third kappa shape index (κ3) is 7.33. The van der Waals surface area contributed by atoms with E-state index < -0.39 is 12.1 Å². The number of carboxylic acids is 1. The molecule has 0 saturated heterocycles. The van der Waals surface area contributed by atoms with Crippen molar-refractivity contribution in [3.05, 3.63) is 66.8 Å². The molecule has 0 spiro atoms. The number of carboxylic acid groups (broad SMARTS) is 1. The van der Waals surface area contributed by atoms with Crippen molar-refractivity contribution in [2.75, 3.05) is 0 Å². The minimum Gasteiger partial charge on any atom is -0.542 e. The number of carbonyl (C=O) groups is 1. The number of aryl methyl sites for hydroxylation is 1. The molecule has 2 rings (SSSR count). The topological polar surface area (TPSA) is 40.1 Å². The Morgan fingerprint density at radius 3 is 1.67 bits per heavy atom. The van der Waals surface area contributed by atoms with E-state index in [2.05, 4.69) is 69.3 Å². The molecule has 0 atom stereocenters. The maximum absolute atomic E-state index is 10.5. The summed E-state index contributed by atoms with van der Waals surface area (Å²) in [6.45, 7) is 6.62. The monoisotopic (exact) mass is 450 g/mol. The van der Waals surface area contributed by atoms with Crippen LogP contribution in [0.5, 0.6) is 0 Å². The van der Waals surface area contributed by atoms with Gasteiger partial charge in [-0.1, -0.05) is 43.7 Å². The molecular formula is C18H18F3IO2. The number of hydrogen-bond donors (Lipinski definition) is 0. The van der Waals surface area contributed by atoms with Crippen LogP contribution >= 0.6 is 0 Å². The summed E-state index contributed by atoms with van der Waals surface area (Å²) in [6, 6.07) is 18.1. The Kier molecular flexibility index (Phi) is 7.72. The summed E-state index contributed by atoms with van der Waals surface area (Å²) in [4.78, 5) is 8.78. The number of rotatable bonds is 3. The van der Waals surface area contributed by atoms with Crippen LogP contribution in [0.1, 0.15) is 30.9 Å². The van der Waals surface area contributed by atoms with Gasteiger partial charge in [-0.3, -0.25) is 0 Å². The number of alkyl halides is 3. The van der Waals surface area contributed by atoms with E-state index in [1.54, 1.807) is 0 Å². The van der Waals surface area contributed by atoms with Crippen molar-refractivity contribution < 1.29 is 44.3 Å². The van der Waals surface area contributed by atoms with Crippen molar-refractivity contribution in [3.63, 3.8) is 0 Å². The highest BCUT2D eigenvalue weighted by Crippen LogP contribution is 2.12. The number of benzene rings is 2. The van der Waals surface area contributed by atoms with Crippen LogP contribution in [-0.4, -0.2) is 12.1 Å². The van der Waals surface area contributed by atoms with E-state index in [1.807, 2.05) is 0 Å². The van der Waals surface area contributed by atoms with Crippen molar-refractivity contribution in [1.82, 2.24) is 0 Å². The second kappa shape index (κ2) is 9.05. The van der Waals surface area contributed by atoms with Gasteiger partial charge in [0.05, 0.1) is 0 Å². The number of aliphatic carboxylic acids is 1. The van der Waals surface area contributed by atoms with Crippen molar-refractivity contribution >= 4 is 5.97 Å². The van der Waals surface area contributed by atoms with E-state index >= 15 is 0 Å². The summed E-state index contributed by atoms with van der Waals surface area (Å²) in [6.07, 6.45) is -5.19. The fraction of sp³-hybridized carbons (Fsp3) is 0.278. The summed E-state index contributed by atoms with van der Waals surface area (Å²) < 4.78 is 34.5. The van der Waals surface area contributed by atoms with Crippen LogP contribution < -0.4 is 26.3 Å². The maximum Gasteiger partial charge on any atom is 0.430 e. The van der Waals surface area contributed by atoms with Crippen LogP contribution in [0.3, 0.4) is 0 Å². The Hall–Kier alpha value is -1.57. The summed E-state index contributed by atoms with van der Waals surface area (Å²) in [7, 11) is 0. The number of halogens is 4. The predicted molar refractivity (Wildman–Crippen MR) is 80.2 cm³/mol. The highest BCUT2D eigenvalue weighted by molar-refractivity contribution is 5.70. The minimum absolute atomic E-state index is 0.0167. The molecule has 0 bridgehead atoms. The second-order valence-corrected chi connectivity index (χ2v) is 8.41. The standard InChI is InChI=1S/C16H18I.C2HF3O2/c1-12(2)14-6-10-16(11-7-14)17-15-8-4-13(3)5-9-15;3-2(4,5)1(6)7/h4-12H,1-3H3;(H,6,7)/q+1;/p-1. The minimum atomic E-state index is -5.19. The van der Waals surface area contributed by atoms with Gasteiger partial charge in [-0.2, -0.15) is 13.2 Å². The molecule has 130 valence electrons. The first-order chi connectivity index (χ1) is 11.1. The normalized spacial score (nSPS) is 11.0. The van der Waals surface area contributed by atoms with Gasteiger partial charge in [0.15, 0.2) is 7.14 Å². The molecule has 0 saturated carbocycles. The van der Waals surface area contributed by atoms with Crippen molar-refractivity contribution in [2.24, 2.45) is 0 Å². The first-order valence-corrected chi connectivity index (χ1v) is 9.35. The van der Waals surface area contributed by atoms with Gasteiger partial charge in [-0.25, -0.2) is 0 Å². The van der Waals surface area contributed by atoms with Gasteiger partial charge >= 0.3 is 27.4 Å². The van der Waals surface area contributed by atoms with Gasteiger partial charge in [0.2, 0.25) is 0 Å². The number of carbonyl (C=O) groups excluding carboxylic acids is 1. The van der Waals surface area contributed by atoms with Crippen LogP contribution in [0, 0.1) is 14.1 Å². The molecule has 0 unspecified atom stereocenters. The maximum atomic E-state index is 10.5. The Balaban J connectivity index is 0.000000351. The zero-order valence-electron chi connectivity index (χ0n) is 13.5. The smallest absolute Gasteiger partial charge is 0.430 e. The van der Waals surface area contributed by atoms with E-state index in [9.17, 15) is 13.2 Å². The molecule has 2 nitrogen and oxygen atoms in total. The van der Waals surface area contributed by atoms with Crippen molar-refractivity contribution in [2.45, 2.75) is 32.9 Å². The van der Waals surface area contributed by atoms with E-state index in [1.165, 1.54) is 18.3 Å². The van der Waals surface area contributed by atoms with Crippen molar-refractivity contribution in [3.8, 4) is 0 Å². The summed E-state index contributed by atoms with van der Waals surface area (Å²) in [5.41, 5.74) is 2.77. The Morgan fingerprint density at radius 2 is 1.33 bits per heavy atom.